The van der Waals surface area contributed by atoms with Gasteiger partial charge in [0.2, 0.25) is 17.8 Å². The standard InChI is InChI=1S/C11H18N6O2S/c1-16-10(13)14-15-11(16)20-6-8(18)17-4-2-3-7(5-17)9(12)19/h7H,2-6H2,1H3,(H2,12,19)(H2,13,14). The SMILES string of the molecule is Cn1c(N)nnc1SCC(=O)N1CCCC(C(N)=O)C1. The number of piperidine rings is 1. The van der Waals surface area contributed by atoms with Gasteiger partial charge < -0.3 is 16.4 Å². The summed E-state index contributed by atoms with van der Waals surface area (Å²) < 4.78 is 1.63. The molecule has 20 heavy (non-hydrogen) atoms. The van der Waals surface area contributed by atoms with E-state index in [9.17, 15) is 9.59 Å². The predicted molar refractivity (Wildman–Crippen MR) is 74.6 cm³/mol. The summed E-state index contributed by atoms with van der Waals surface area (Å²) in [6.07, 6.45) is 1.56. The number of carbonyl (C=O) groups is 2. The number of likely N-dealkylation sites (tertiary alicyclic amines) is 1. The number of nitrogens with two attached hydrogens (primary N) is 2. The first-order valence-corrected chi connectivity index (χ1v) is 7.32. The van der Waals surface area contributed by atoms with E-state index in [2.05, 4.69) is 10.2 Å². The van der Waals surface area contributed by atoms with Crippen molar-refractivity contribution in [3.63, 3.8) is 0 Å². The molecule has 1 aliphatic heterocycles. The lowest BCUT2D eigenvalue weighted by molar-refractivity contribution is -0.132. The quantitative estimate of drug-likeness (QED) is 0.703. The molecule has 0 saturated carbocycles. The first-order chi connectivity index (χ1) is 9.49. The molecule has 2 heterocycles. The fourth-order valence-corrected chi connectivity index (χ4v) is 2.93. The van der Waals surface area contributed by atoms with Crippen molar-refractivity contribution in [2.75, 3.05) is 24.6 Å². The van der Waals surface area contributed by atoms with Crippen LogP contribution in [0.15, 0.2) is 5.16 Å². The van der Waals surface area contributed by atoms with E-state index < -0.39 is 0 Å². The van der Waals surface area contributed by atoms with Gasteiger partial charge in [-0.1, -0.05) is 11.8 Å². The molecule has 110 valence electrons. The maximum absolute atomic E-state index is 12.1. The number of thioether (sulfide) groups is 1. The number of aromatic nitrogens is 3. The number of carbonyl (C=O) groups excluding carboxylic acids is 2. The summed E-state index contributed by atoms with van der Waals surface area (Å²) in [6, 6.07) is 0. The largest absolute Gasteiger partial charge is 0.369 e. The van der Waals surface area contributed by atoms with Crippen LogP contribution in [0.1, 0.15) is 12.8 Å². The number of nitrogen functional groups attached to an aromatic ring is 1. The van der Waals surface area contributed by atoms with Crippen molar-refractivity contribution in [1.82, 2.24) is 19.7 Å². The zero-order valence-electron chi connectivity index (χ0n) is 11.3. The second kappa shape index (κ2) is 6.12. The molecule has 1 aromatic rings. The number of rotatable bonds is 4. The molecule has 0 aromatic carbocycles. The van der Waals surface area contributed by atoms with Crippen LogP contribution in [0.4, 0.5) is 5.95 Å². The molecule has 2 amide bonds. The second-order valence-electron chi connectivity index (χ2n) is 4.77. The Balaban J connectivity index is 1.88. The summed E-state index contributed by atoms with van der Waals surface area (Å²) in [5.41, 5.74) is 10.9. The minimum Gasteiger partial charge on any atom is -0.369 e. The summed E-state index contributed by atoms with van der Waals surface area (Å²) in [7, 11) is 1.74. The van der Waals surface area contributed by atoms with Gasteiger partial charge in [-0.05, 0) is 12.8 Å². The van der Waals surface area contributed by atoms with Gasteiger partial charge in [0.05, 0.1) is 11.7 Å². The Hall–Kier alpha value is -1.77. The highest BCUT2D eigenvalue weighted by molar-refractivity contribution is 7.99. The molecular weight excluding hydrogens is 280 g/mol. The summed E-state index contributed by atoms with van der Waals surface area (Å²) >= 11 is 1.28. The highest BCUT2D eigenvalue weighted by Gasteiger charge is 2.27. The van der Waals surface area contributed by atoms with Crippen LogP contribution in [-0.4, -0.2) is 50.3 Å². The number of primary amides is 1. The van der Waals surface area contributed by atoms with Crippen molar-refractivity contribution >= 4 is 29.5 Å². The molecule has 1 fully saturated rings. The van der Waals surface area contributed by atoms with Gasteiger partial charge in [-0.2, -0.15) is 0 Å². The van der Waals surface area contributed by atoms with Crippen LogP contribution in [0.3, 0.4) is 0 Å². The van der Waals surface area contributed by atoms with E-state index in [1.807, 2.05) is 0 Å². The lowest BCUT2D eigenvalue weighted by Crippen LogP contribution is -2.44. The van der Waals surface area contributed by atoms with Gasteiger partial charge in [-0.15, -0.1) is 10.2 Å². The van der Waals surface area contributed by atoms with Crippen molar-refractivity contribution in [3.8, 4) is 0 Å². The van der Waals surface area contributed by atoms with Gasteiger partial charge in [0.1, 0.15) is 0 Å². The second-order valence-corrected chi connectivity index (χ2v) is 5.71. The summed E-state index contributed by atoms with van der Waals surface area (Å²) in [6.45, 7) is 1.08. The molecule has 8 nitrogen and oxygen atoms in total. The molecule has 9 heteroatoms. The number of hydrogen-bond acceptors (Lipinski definition) is 6. The molecule has 1 aliphatic rings. The molecule has 1 atom stereocenters. The van der Waals surface area contributed by atoms with Crippen LogP contribution in [0.25, 0.3) is 0 Å². The molecule has 0 bridgehead atoms. The van der Waals surface area contributed by atoms with Gasteiger partial charge in [0.15, 0.2) is 5.16 Å². The first kappa shape index (κ1) is 14.6. The van der Waals surface area contributed by atoms with Gasteiger partial charge in [-0.3, -0.25) is 14.2 Å². The Morgan fingerprint density at radius 1 is 1.45 bits per heavy atom. The lowest BCUT2D eigenvalue weighted by Gasteiger charge is -2.31. The fraction of sp³-hybridized carbons (Fsp3) is 0.636. The van der Waals surface area contributed by atoms with Gasteiger partial charge in [-0.25, -0.2) is 0 Å². The highest BCUT2D eigenvalue weighted by Crippen LogP contribution is 2.20. The number of amides is 2. The summed E-state index contributed by atoms with van der Waals surface area (Å²) in [4.78, 5) is 25.0. The van der Waals surface area contributed by atoms with Crippen LogP contribution in [0.2, 0.25) is 0 Å². The third kappa shape index (κ3) is 3.21. The molecule has 4 N–H and O–H groups in total. The van der Waals surface area contributed by atoms with E-state index in [0.717, 1.165) is 12.8 Å². The van der Waals surface area contributed by atoms with Crippen molar-refractivity contribution in [2.24, 2.45) is 18.7 Å². The Labute approximate surface area is 120 Å². The third-order valence-corrected chi connectivity index (χ3v) is 4.37. The molecule has 1 saturated heterocycles. The number of anilines is 1. The van der Waals surface area contributed by atoms with Crippen LogP contribution in [0, 0.1) is 5.92 Å². The maximum atomic E-state index is 12.1. The van der Waals surface area contributed by atoms with Gasteiger partial charge in [0.25, 0.3) is 0 Å². The number of hydrogen-bond donors (Lipinski definition) is 2. The predicted octanol–water partition coefficient (Wildman–Crippen LogP) is -0.787. The van der Waals surface area contributed by atoms with E-state index in [1.54, 1.807) is 16.5 Å². The monoisotopic (exact) mass is 298 g/mol. The van der Waals surface area contributed by atoms with E-state index in [4.69, 9.17) is 11.5 Å². The first-order valence-electron chi connectivity index (χ1n) is 6.33. The molecule has 1 unspecified atom stereocenters. The van der Waals surface area contributed by atoms with Crippen molar-refractivity contribution in [1.29, 1.82) is 0 Å². The van der Waals surface area contributed by atoms with E-state index >= 15 is 0 Å². The average Bonchev–Trinajstić information content (AvgIpc) is 2.76. The normalized spacial score (nSPS) is 19.1. The van der Waals surface area contributed by atoms with Crippen LogP contribution in [-0.2, 0) is 16.6 Å². The average molecular weight is 298 g/mol. The molecule has 0 radical (unpaired) electrons. The maximum Gasteiger partial charge on any atom is 0.233 e. The van der Waals surface area contributed by atoms with E-state index in [0.29, 0.717) is 24.2 Å². The van der Waals surface area contributed by atoms with E-state index in [-0.39, 0.29) is 23.5 Å². The third-order valence-electron chi connectivity index (χ3n) is 3.37. The van der Waals surface area contributed by atoms with Crippen molar-refractivity contribution < 1.29 is 9.59 Å². The minimum atomic E-state index is -0.337. The van der Waals surface area contributed by atoms with Crippen LogP contribution < -0.4 is 11.5 Å². The molecule has 0 spiro atoms. The molecule has 1 aromatic heterocycles. The number of nitrogens with zero attached hydrogens (tertiary/aromatic N) is 4. The minimum absolute atomic E-state index is 0.0254. The van der Waals surface area contributed by atoms with Crippen LogP contribution >= 0.6 is 11.8 Å². The Bertz CT molecular complexity index is 517. The van der Waals surface area contributed by atoms with Gasteiger partial charge in [0, 0.05) is 20.1 Å². The summed E-state index contributed by atoms with van der Waals surface area (Å²) in [5.74, 6) is -0.0362. The molecule has 2 rings (SSSR count). The molecule has 0 aliphatic carbocycles. The molecular formula is C11H18N6O2S. The smallest absolute Gasteiger partial charge is 0.233 e. The Morgan fingerprint density at radius 3 is 2.80 bits per heavy atom. The van der Waals surface area contributed by atoms with Crippen molar-refractivity contribution in [3.05, 3.63) is 0 Å². The zero-order valence-corrected chi connectivity index (χ0v) is 12.1. The van der Waals surface area contributed by atoms with Gasteiger partial charge >= 0.3 is 0 Å². The highest BCUT2D eigenvalue weighted by atomic mass is 32.2. The summed E-state index contributed by atoms with van der Waals surface area (Å²) in [5, 5.41) is 8.20. The van der Waals surface area contributed by atoms with Crippen molar-refractivity contribution in [2.45, 2.75) is 18.0 Å². The Morgan fingerprint density at radius 2 is 2.20 bits per heavy atom. The Kier molecular flexibility index (Phi) is 4.48. The fourth-order valence-electron chi connectivity index (χ4n) is 2.11. The topological polar surface area (TPSA) is 120 Å². The van der Waals surface area contributed by atoms with E-state index in [1.165, 1.54) is 11.8 Å². The van der Waals surface area contributed by atoms with Crippen LogP contribution in [0.5, 0.6) is 0 Å². The zero-order chi connectivity index (χ0) is 14.7. The lowest BCUT2D eigenvalue weighted by atomic mass is 9.97.